The van der Waals surface area contributed by atoms with Crippen molar-refractivity contribution in [1.82, 2.24) is 19.4 Å². The van der Waals surface area contributed by atoms with Crippen LogP contribution in [-0.4, -0.2) is 70.1 Å². The number of rotatable bonds is 8. The van der Waals surface area contributed by atoms with Crippen LogP contribution in [0.15, 0.2) is 77.7 Å². The number of ether oxygens (including phenoxy) is 2. The molecule has 2 aromatic heterocycles. The molecule has 180 valence electrons. The van der Waals surface area contributed by atoms with E-state index in [0.29, 0.717) is 37.1 Å². The van der Waals surface area contributed by atoms with Crippen LogP contribution >= 0.6 is 0 Å². The van der Waals surface area contributed by atoms with E-state index in [0.717, 1.165) is 29.9 Å². The molecule has 1 atom stereocenters. The van der Waals surface area contributed by atoms with E-state index in [1.807, 2.05) is 54.6 Å². The Morgan fingerprint density at radius 2 is 1.80 bits per heavy atom. The van der Waals surface area contributed by atoms with E-state index in [9.17, 15) is 9.90 Å². The second-order valence-electron chi connectivity index (χ2n) is 8.34. The summed E-state index contributed by atoms with van der Waals surface area (Å²) in [6, 6.07) is 20.0. The molecule has 0 radical (unpaired) electrons. The van der Waals surface area contributed by atoms with Gasteiger partial charge in [0.05, 0.1) is 18.9 Å². The Morgan fingerprint density at radius 1 is 1.03 bits per heavy atom. The van der Waals surface area contributed by atoms with Crippen molar-refractivity contribution in [1.29, 1.82) is 0 Å². The lowest BCUT2D eigenvalue weighted by Gasteiger charge is -2.28. The zero-order valence-corrected chi connectivity index (χ0v) is 19.2. The third kappa shape index (κ3) is 5.65. The minimum atomic E-state index is -0.570. The first-order valence-electron chi connectivity index (χ1n) is 11.6. The molecule has 0 amide bonds. The van der Waals surface area contributed by atoms with Crippen LogP contribution in [0.3, 0.4) is 0 Å². The monoisotopic (exact) mass is 473 g/mol. The topological polar surface area (TPSA) is 102 Å². The van der Waals surface area contributed by atoms with Gasteiger partial charge >= 0.3 is 0 Å². The van der Waals surface area contributed by atoms with Crippen molar-refractivity contribution in [3.8, 4) is 11.4 Å². The van der Waals surface area contributed by atoms with Gasteiger partial charge in [0.2, 0.25) is 5.95 Å². The van der Waals surface area contributed by atoms with Crippen molar-refractivity contribution in [2.45, 2.75) is 6.10 Å². The van der Waals surface area contributed by atoms with Crippen molar-refractivity contribution >= 4 is 22.7 Å². The van der Waals surface area contributed by atoms with Gasteiger partial charge in [-0.3, -0.25) is 14.3 Å². The summed E-state index contributed by atoms with van der Waals surface area (Å²) in [4.78, 5) is 23.8. The van der Waals surface area contributed by atoms with Crippen molar-refractivity contribution < 1.29 is 14.6 Å². The van der Waals surface area contributed by atoms with Gasteiger partial charge in [0.15, 0.2) is 5.65 Å². The average molecular weight is 474 g/mol. The number of pyridine rings is 1. The maximum absolute atomic E-state index is 12.6. The summed E-state index contributed by atoms with van der Waals surface area (Å²) in [5, 5.41) is 14.2. The molecule has 1 aliphatic heterocycles. The molecule has 0 aliphatic carbocycles. The summed E-state index contributed by atoms with van der Waals surface area (Å²) >= 11 is 0. The number of fused-ring (bicyclic) bond motifs is 1. The maximum atomic E-state index is 12.6. The van der Waals surface area contributed by atoms with E-state index >= 15 is 0 Å². The van der Waals surface area contributed by atoms with Crippen molar-refractivity contribution in [3.63, 3.8) is 0 Å². The minimum Gasteiger partial charge on any atom is -0.491 e. The van der Waals surface area contributed by atoms with Crippen LogP contribution in [0.5, 0.6) is 5.75 Å². The predicted octanol–water partition coefficient (Wildman–Crippen LogP) is 2.60. The summed E-state index contributed by atoms with van der Waals surface area (Å²) in [5.74, 6) is 1.04. The van der Waals surface area contributed by atoms with Gasteiger partial charge in [0, 0.05) is 43.0 Å². The van der Waals surface area contributed by atoms with Crippen LogP contribution in [0.25, 0.3) is 16.7 Å². The summed E-state index contributed by atoms with van der Waals surface area (Å²) in [6.07, 6.45) is 1.12. The molecule has 9 heteroatoms. The Kier molecular flexibility index (Phi) is 6.99. The zero-order valence-electron chi connectivity index (χ0n) is 19.2. The summed E-state index contributed by atoms with van der Waals surface area (Å²) in [7, 11) is 0. The number of nitrogens with zero attached hydrogens (tertiary/aromatic N) is 4. The molecule has 4 aromatic rings. The number of hydrogen-bond donors (Lipinski definition) is 2. The molecular formula is C26H27N5O4. The van der Waals surface area contributed by atoms with Crippen LogP contribution in [0.1, 0.15) is 0 Å². The number of para-hydroxylation sites is 1. The van der Waals surface area contributed by atoms with Crippen LogP contribution in [0.4, 0.5) is 11.6 Å². The maximum Gasteiger partial charge on any atom is 0.256 e. The average Bonchev–Trinajstić information content (AvgIpc) is 2.89. The lowest BCUT2D eigenvalue weighted by atomic mass is 10.2. The molecule has 0 bridgehead atoms. The van der Waals surface area contributed by atoms with E-state index in [1.54, 1.807) is 16.8 Å². The Bertz CT molecular complexity index is 1320. The first-order chi connectivity index (χ1) is 17.2. The fourth-order valence-corrected chi connectivity index (χ4v) is 4.00. The molecule has 0 spiro atoms. The van der Waals surface area contributed by atoms with Gasteiger partial charge in [0.25, 0.3) is 5.56 Å². The number of aliphatic hydroxyl groups is 1. The lowest BCUT2D eigenvalue weighted by molar-refractivity contribution is 0.00466. The fourth-order valence-electron chi connectivity index (χ4n) is 4.00. The molecule has 1 unspecified atom stereocenters. The van der Waals surface area contributed by atoms with E-state index in [4.69, 9.17) is 9.47 Å². The molecule has 2 aromatic carbocycles. The van der Waals surface area contributed by atoms with Gasteiger partial charge in [0.1, 0.15) is 18.5 Å². The molecule has 2 N–H and O–H groups in total. The first kappa shape index (κ1) is 23.0. The first-order valence-corrected chi connectivity index (χ1v) is 11.6. The molecular weight excluding hydrogens is 446 g/mol. The number of benzene rings is 2. The molecule has 1 fully saturated rings. The van der Waals surface area contributed by atoms with E-state index in [-0.39, 0.29) is 12.2 Å². The number of aliphatic hydroxyl groups excluding tert-OH is 1. The van der Waals surface area contributed by atoms with Crippen LogP contribution < -0.4 is 15.6 Å². The number of β-amino-alcohol motifs (C(OH)–C–C–N with tert-alkyl or cyclic N) is 1. The fraction of sp³-hybridized carbons (Fsp3) is 0.269. The van der Waals surface area contributed by atoms with Crippen molar-refractivity contribution in [2.75, 3.05) is 44.8 Å². The Balaban J connectivity index is 1.26. The number of nitrogens with one attached hydrogen (secondary N) is 1. The molecule has 1 aliphatic rings. The largest absolute Gasteiger partial charge is 0.491 e. The normalized spacial score (nSPS) is 15.1. The molecule has 0 saturated carbocycles. The van der Waals surface area contributed by atoms with Gasteiger partial charge < -0.3 is 19.9 Å². The van der Waals surface area contributed by atoms with Crippen molar-refractivity contribution in [3.05, 3.63) is 83.3 Å². The summed E-state index contributed by atoms with van der Waals surface area (Å²) < 4.78 is 12.6. The zero-order chi connectivity index (χ0) is 24.0. The third-order valence-electron chi connectivity index (χ3n) is 5.77. The Labute approximate surface area is 202 Å². The van der Waals surface area contributed by atoms with E-state index in [2.05, 4.69) is 20.2 Å². The quantitative estimate of drug-likeness (QED) is 0.403. The van der Waals surface area contributed by atoms with Gasteiger partial charge in [-0.2, -0.15) is 4.98 Å². The SMILES string of the molecule is O=c1ccc2cnc(Nc3ccc(OCC(O)CN4CCOCC4)cc3)nc2n1-c1ccccc1. The molecule has 5 rings (SSSR count). The predicted molar refractivity (Wildman–Crippen MR) is 134 cm³/mol. The summed E-state index contributed by atoms with van der Waals surface area (Å²) in [5.41, 5.74) is 1.88. The van der Waals surface area contributed by atoms with Gasteiger partial charge in [-0.25, -0.2) is 4.98 Å². The highest BCUT2D eigenvalue weighted by molar-refractivity contribution is 5.77. The minimum absolute atomic E-state index is 0.161. The highest BCUT2D eigenvalue weighted by atomic mass is 16.5. The number of aromatic nitrogens is 3. The summed E-state index contributed by atoms with van der Waals surface area (Å²) in [6.45, 7) is 3.84. The lowest BCUT2D eigenvalue weighted by Crippen LogP contribution is -2.42. The second-order valence-corrected chi connectivity index (χ2v) is 8.34. The van der Waals surface area contributed by atoms with E-state index in [1.165, 1.54) is 6.07 Å². The standard InChI is InChI=1S/C26H27N5O4/c32-22(17-30-12-14-34-15-13-30)18-35-23-9-7-20(8-10-23)28-26-27-16-19-6-11-24(33)31(25(19)29-26)21-4-2-1-3-5-21/h1-11,16,22,32H,12-15,17-18H2,(H,27,28,29). The molecule has 35 heavy (non-hydrogen) atoms. The van der Waals surface area contributed by atoms with Gasteiger partial charge in [-0.15, -0.1) is 0 Å². The molecule has 1 saturated heterocycles. The smallest absolute Gasteiger partial charge is 0.256 e. The van der Waals surface area contributed by atoms with E-state index < -0.39 is 6.10 Å². The molecule has 9 nitrogen and oxygen atoms in total. The highest BCUT2D eigenvalue weighted by Gasteiger charge is 2.15. The second kappa shape index (κ2) is 10.6. The van der Waals surface area contributed by atoms with Crippen LogP contribution in [0, 0.1) is 0 Å². The Morgan fingerprint density at radius 3 is 2.57 bits per heavy atom. The van der Waals surface area contributed by atoms with Crippen LogP contribution in [0.2, 0.25) is 0 Å². The van der Waals surface area contributed by atoms with Gasteiger partial charge in [-0.1, -0.05) is 18.2 Å². The number of morpholine rings is 1. The highest BCUT2D eigenvalue weighted by Crippen LogP contribution is 2.20. The Hall–Kier alpha value is -3.79. The van der Waals surface area contributed by atoms with Gasteiger partial charge in [-0.05, 0) is 42.5 Å². The number of anilines is 2. The molecule has 3 heterocycles. The van der Waals surface area contributed by atoms with Crippen molar-refractivity contribution in [2.24, 2.45) is 0 Å². The third-order valence-corrected chi connectivity index (χ3v) is 5.77. The van der Waals surface area contributed by atoms with Crippen LogP contribution in [-0.2, 0) is 4.74 Å². The number of hydrogen-bond acceptors (Lipinski definition) is 8.